The summed E-state index contributed by atoms with van der Waals surface area (Å²) in [7, 11) is 1.43. The third-order valence-electron chi connectivity index (χ3n) is 2.77. The highest BCUT2D eigenvalue weighted by molar-refractivity contribution is 6.44. The number of nitrogens with one attached hydrogen (secondary N) is 2. The van der Waals surface area contributed by atoms with Gasteiger partial charge in [-0.25, -0.2) is 0 Å². The monoisotopic (exact) mass is 320 g/mol. The van der Waals surface area contributed by atoms with Gasteiger partial charge in [-0.2, -0.15) is 0 Å². The Labute approximate surface area is 131 Å². The largest absolute Gasteiger partial charge is 0.506 e. The van der Waals surface area contributed by atoms with Crippen molar-refractivity contribution in [3.8, 4) is 11.5 Å². The van der Waals surface area contributed by atoms with Gasteiger partial charge in [0.2, 0.25) is 0 Å². The van der Waals surface area contributed by atoms with Gasteiger partial charge in [0.15, 0.2) is 0 Å². The van der Waals surface area contributed by atoms with Crippen LogP contribution in [-0.2, 0) is 9.59 Å². The molecule has 0 unspecified atom stereocenters. The van der Waals surface area contributed by atoms with Crippen LogP contribution in [0.2, 0.25) is 5.02 Å². The Hall–Kier alpha value is -2.73. The van der Waals surface area contributed by atoms with Crippen molar-refractivity contribution in [2.45, 2.75) is 0 Å². The SMILES string of the molecule is COc1ccc(Cl)cc1NC(=O)C(=O)Nc1ccccc1O. The maximum Gasteiger partial charge on any atom is 0.314 e. The van der Waals surface area contributed by atoms with Gasteiger partial charge in [0.25, 0.3) is 0 Å². The Kier molecular flexibility index (Phi) is 4.85. The third kappa shape index (κ3) is 3.67. The zero-order valence-corrected chi connectivity index (χ0v) is 12.3. The Balaban J connectivity index is 2.11. The summed E-state index contributed by atoms with van der Waals surface area (Å²) in [5.41, 5.74) is 0.410. The molecule has 3 N–H and O–H groups in total. The van der Waals surface area contributed by atoms with E-state index in [0.29, 0.717) is 10.8 Å². The maximum absolute atomic E-state index is 11.9. The second kappa shape index (κ2) is 6.82. The molecule has 2 aromatic rings. The molecule has 0 fully saturated rings. The van der Waals surface area contributed by atoms with E-state index in [9.17, 15) is 14.7 Å². The van der Waals surface area contributed by atoms with Gasteiger partial charge in [0.05, 0.1) is 18.5 Å². The van der Waals surface area contributed by atoms with Gasteiger partial charge in [-0.1, -0.05) is 23.7 Å². The summed E-state index contributed by atoms with van der Waals surface area (Å²) in [5.74, 6) is -1.61. The quantitative estimate of drug-likeness (QED) is 0.599. The number of hydrogen-bond acceptors (Lipinski definition) is 4. The normalized spacial score (nSPS) is 9.91. The first kappa shape index (κ1) is 15.7. The Morgan fingerprint density at radius 2 is 1.68 bits per heavy atom. The highest BCUT2D eigenvalue weighted by Crippen LogP contribution is 2.27. The Morgan fingerprint density at radius 1 is 1.05 bits per heavy atom. The van der Waals surface area contributed by atoms with E-state index >= 15 is 0 Å². The van der Waals surface area contributed by atoms with E-state index in [-0.39, 0.29) is 17.1 Å². The summed E-state index contributed by atoms with van der Waals surface area (Å²) in [6, 6.07) is 10.7. The summed E-state index contributed by atoms with van der Waals surface area (Å²) in [6.07, 6.45) is 0. The smallest absolute Gasteiger partial charge is 0.314 e. The van der Waals surface area contributed by atoms with Crippen LogP contribution in [0.4, 0.5) is 11.4 Å². The Morgan fingerprint density at radius 3 is 2.32 bits per heavy atom. The number of phenolic OH excluding ortho intramolecular Hbond substituents is 1. The molecule has 0 aliphatic heterocycles. The number of carbonyl (C=O) groups is 2. The fraction of sp³-hybridized carbons (Fsp3) is 0.0667. The fourth-order valence-electron chi connectivity index (χ4n) is 1.72. The predicted molar refractivity (Wildman–Crippen MR) is 83.4 cm³/mol. The van der Waals surface area contributed by atoms with E-state index < -0.39 is 11.8 Å². The van der Waals surface area contributed by atoms with Crippen LogP contribution in [-0.4, -0.2) is 24.0 Å². The van der Waals surface area contributed by atoms with E-state index in [1.54, 1.807) is 24.3 Å². The molecule has 0 aliphatic carbocycles. The van der Waals surface area contributed by atoms with Crippen LogP contribution in [0.3, 0.4) is 0 Å². The number of rotatable bonds is 3. The van der Waals surface area contributed by atoms with Crippen molar-refractivity contribution >= 4 is 34.8 Å². The number of benzene rings is 2. The molecule has 0 saturated heterocycles. The molecule has 7 heteroatoms. The lowest BCUT2D eigenvalue weighted by Gasteiger charge is -2.11. The summed E-state index contributed by atoms with van der Waals surface area (Å²) in [6.45, 7) is 0. The third-order valence-corrected chi connectivity index (χ3v) is 3.00. The van der Waals surface area contributed by atoms with E-state index in [2.05, 4.69) is 10.6 Å². The predicted octanol–water partition coefficient (Wildman–Crippen LogP) is 2.63. The molecule has 0 atom stereocenters. The van der Waals surface area contributed by atoms with Crippen LogP contribution in [0.1, 0.15) is 0 Å². The van der Waals surface area contributed by atoms with Crippen LogP contribution in [0.15, 0.2) is 42.5 Å². The molecule has 0 spiro atoms. The van der Waals surface area contributed by atoms with Gasteiger partial charge >= 0.3 is 11.8 Å². The molecule has 0 heterocycles. The zero-order chi connectivity index (χ0) is 16.1. The number of amides is 2. The molecular formula is C15H13ClN2O4. The highest BCUT2D eigenvalue weighted by atomic mass is 35.5. The van der Waals surface area contributed by atoms with E-state index in [1.165, 1.54) is 25.3 Å². The molecule has 0 radical (unpaired) electrons. The van der Waals surface area contributed by atoms with E-state index in [1.807, 2.05) is 0 Å². The average Bonchev–Trinajstić information content (AvgIpc) is 2.49. The van der Waals surface area contributed by atoms with Gasteiger partial charge in [0, 0.05) is 5.02 Å². The van der Waals surface area contributed by atoms with Crippen LogP contribution < -0.4 is 15.4 Å². The molecule has 2 rings (SSSR count). The van der Waals surface area contributed by atoms with Crippen molar-refractivity contribution in [1.82, 2.24) is 0 Å². The van der Waals surface area contributed by atoms with Crippen molar-refractivity contribution in [3.05, 3.63) is 47.5 Å². The van der Waals surface area contributed by atoms with Gasteiger partial charge < -0.3 is 20.5 Å². The van der Waals surface area contributed by atoms with Gasteiger partial charge in [0.1, 0.15) is 11.5 Å². The lowest BCUT2D eigenvalue weighted by Crippen LogP contribution is -2.29. The van der Waals surface area contributed by atoms with Crippen molar-refractivity contribution in [1.29, 1.82) is 0 Å². The molecule has 0 saturated carbocycles. The van der Waals surface area contributed by atoms with Gasteiger partial charge in [-0.05, 0) is 30.3 Å². The Bertz CT molecular complexity index is 718. The second-order valence-electron chi connectivity index (χ2n) is 4.27. The van der Waals surface area contributed by atoms with Crippen molar-refractivity contribution < 1.29 is 19.4 Å². The molecule has 6 nitrogen and oxygen atoms in total. The molecular weight excluding hydrogens is 308 g/mol. The number of anilines is 2. The number of ether oxygens (including phenoxy) is 1. The molecule has 0 aliphatic rings. The number of carbonyl (C=O) groups excluding carboxylic acids is 2. The number of methoxy groups -OCH3 is 1. The van der Waals surface area contributed by atoms with Crippen molar-refractivity contribution in [2.24, 2.45) is 0 Å². The lowest BCUT2D eigenvalue weighted by atomic mass is 10.2. The topological polar surface area (TPSA) is 87.7 Å². The number of hydrogen-bond donors (Lipinski definition) is 3. The minimum Gasteiger partial charge on any atom is -0.506 e. The first-order valence-electron chi connectivity index (χ1n) is 6.25. The van der Waals surface area contributed by atoms with Crippen LogP contribution in [0.25, 0.3) is 0 Å². The van der Waals surface area contributed by atoms with Crippen molar-refractivity contribution in [2.75, 3.05) is 17.7 Å². The van der Waals surface area contributed by atoms with Crippen LogP contribution >= 0.6 is 11.6 Å². The number of halogens is 1. The number of phenols is 1. The summed E-state index contributed by atoms with van der Waals surface area (Å²) < 4.78 is 5.07. The second-order valence-corrected chi connectivity index (χ2v) is 4.71. The number of aromatic hydroxyl groups is 1. The number of para-hydroxylation sites is 2. The molecule has 2 amide bonds. The first-order valence-corrected chi connectivity index (χ1v) is 6.63. The average molecular weight is 321 g/mol. The van der Waals surface area contributed by atoms with E-state index in [0.717, 1.165) is 0 Å². The first-order chi connectivity index (χ1) is 10.5. The standard InChI is InChI=1S/C15H13ClN2O4/c1-22-13-7-6-9(16)8-11(13)18-15(21)14(20)17-10-4-2-3-5-12(10)19/h2-8,19H,1H3,(H,17,20)(H,18,21). The molecule has 114 valence electrons. The van der Waals surface area contributed by atoms with E-state index in [4.69, 9.17) is 16.3 Å². The summed E-state index contributed by atoms with van der Waals surface area (Å²) in [5, 5.41) is 14.7. The zero-order valence-electron chi connectivity index (χ0n) is 11.6. The molecule has 0 aromatic heterocycles. The minimum atomic E-state index is -0.927. The van der Waals surface area contributed by atoms with Crippen molar-refractivity contribution in [3.63, 3.8) is 0 Å². The lowest BCUT2D eigenvalue weighted by molar-refractivity contribution is -0.133. The fourth-order valence-corrected chi connectivity index (χ4v) is 1.89. The summed E-state index contributed by atoms with van der Waals surface area (Å²) >= 11 is 5.85. The maximum atomic E-state index is 11.9. The highest BCUT2D eigenvalue weighted by Gasteiger charge is 2.17. The molecule has 0 bridgehead atoms. The van der Waals surface area contributed by atoms with Gasteiger partial charge in [-0.15, -0.1) is 0 Å². The van der Waals surface area contributed by atoms with Crippen LogP contribution in [0, 0.1) is 0 Å². The summed E-state index contributed by atoms with van der Waals surface area (Å²) in [4.78, 5) is 23.7. The minimum absolute atomic E-state index is 0.135. The molecule has 22 heavy (non-hydrogen) atoms. The van der Waals surface area contributed by atoms with Crippen LogP contribution in [0.5, 0.6) is 11.5 Å². The molecule has 2 aromatic carbocycles. The van der Waals surface area contributed by atoms with Gasteiger partial charge in [-0.3, -0.25) is 9.59 Å².